The number of likely N-dealkylation sites (N-methyl/N-ethyl adjacent to an activating group) is 1. The first-order chi connectivity index (χ1) is 8.77. The number of benzene rings is 1. The normalized spacial score (nSPS) is 17.9. The Balaban J connectivity index is 2.17. The maximum atomic E-state index is 4.73. The van der Waals surface area contributed by atoms with Gasteiger partial charge in [-0.15, -0.1) is 0 Å². The van der Waals surface area contributed by atoms with E-state index >= 15 is 0 Å². The molecule has 0 unspecified atom stereocenters. The molecule has 0 amide bonds. The van der Waals surface area contributed by atoms with Crippen molar-refractivity contribution in [1.82, 2.24) is 9.47 Å². The minimum Gasteiger partial charge on any atom is -0.356 e. The monoisotopic (exact) mass is 239 g/mol. The number of aryl methyl sites for hydroxylation is 1. The number of rotatable bonds is 0. The molecule has 1 aromatic heterocycles. The predicted molar refractivity (Wildman–Crippen MR) is 74.4 cm³/mol. The average Bonchev–Trinajstić information content (AvgIpc) is 2.72. The average molecular weight is 239 g/mol. The van der Waals surface area contributed by atoms with Gasteiger partial charge in [0.05, 0.1) is 11.2 Å². The second-order valence-electron chi connectivity index (χ2n) is 5.33. The molecule has 1 aromatic carbocycles. The molecule has 0 fully saturated rings. The molecule has 18 heavy (non-hydrogen) atoms. The Morgan fingerprint density at radius 3 is 3.00 bits per heavy atom. The zero-order chi connectivity index (χ0) is 12.3. The van der Waals surface area contributed by atoms with Crippen LogP contribution < -0.4 is 0 Å². The Bertz CT molecular complexity index is 679. The molecule has 2 aliphatic heterocycles. The van der Waals surface area contributed by atoms with Crippen LogP contribution in [0.1, 0.15) is 16.8 Å². The van der Waals surface area contributed by atoms with Crippen molar-refractivity contribution in [2.75, 3.05) is 20.1 Å². The first-order valence-electron chi connectivity index (χ1n) is 6.64. The summed E-state index contributed by atoms with van der Waals surface area (Å²) in [5.74, 6) is 1.19. The Morgan fingerprint density at radius 1 is 1.22 bits per heavy atom. The predicted octanol–water partition coefficient (Wildman–Crippen LogP) is 2.20. The third-order valence-electron chi connectivity index (χ3n) is 4.24. The fraction of sp³-hybridized carbons (Fsp3) is 0.400. The first-order valence-corrected chi connectivity index (χ1v) is 6.64. The van der Waals surface area contributed by atoms with Crippen molar-refractivity contribution in [2.45, 2.75) is 19.9 Å². The van der Waals surface area contributed by atoms with Crippen LogP contribution in [0.4, 0.5) is 0 Å². The molecule has 3 heterocycles. The summed E-state index contributed by atoms with van der Waals surface area (Å²) in [6, 6.07) is 6.66. The summed E-state index contributed by atoms with van der Waals surface area (Å²) >= 11 is 0. The van der Waals surface area contributed by atoms with E-state index in [1.54, 1.807) is 0 Å². The van der Waals surface area contributed by atoms with Gasteiger partial charge in [-0.3, -0.25) is 4.99 Å². The highest BCUT2D eigenvalue weighted by atomic mass is 15.2. The van der Waals surface area contributed by atoms with E-state index in [0.717, 1.165) is 26.1 Å². The van der Waals surface area contributed by atoms with Crippen LogP contribution in [0.25, 0.3) is 10.9 Å². The molecule has 0 aliphatic carbocycles. The summed E-state index contributed by atoms with van der Waals surface area (Å²) in [7, 11) is 2.15. The van der Waals surface area contributed by atoms with Crippen LogP contribution in [0.5, 0.6) is 0 Å². The maximum Gasteiger partial charge on any atom is 0.148 e. The van der Waals surface area contributed by atoms with Crippen LogP contribution >= 0.6 is 0 Å². The molecule has 0 saturated carbocycles. The topological polar surface area (TPSA) is 20.5 Å². The molecular weight excluding hydrogens is 222 g/mol. The Hall–Kier alpha value is -1.77. The van der Waals surface area contributed by atoms with Gasteiger partial charge in [-0.05, 0) is 24.5 Å². The summed E-state index contributed by atoms with van der Waals surface area (Å²) in [4.78, 5) is 7.03. The van der Waals surface area contributed by atoms with Gasteiger partial charge in [-0.1, -0.05) is 18.2 Å². The van der Waals surface area contributed by atoms with Gasteiger partial charge in [0, 0.05) is 32.1 Å². The molecule has 0 atom stereocenters. The standard InChI is InChI=1S/C15H17N3/c1-10-4-3-5-11-12-6-7-16-15-14(12)18(13(10)11)9-8-17(15)2/h3-5H,6-9H2,1-2H3. The minimum absolute atomic E-state index is 0.930. The Kier molecular flexibility index (Phi) is 1.91. The van der Waals surface area contributed by atoms with Crippen LogP contribution in [-0.2, 0) is 13.0 Å². The van der Waals surface area contributed by atoms with Gasteiger partial charge >= 0.3 is 0 Å². The smallest absolute Gasteiger partial charge is 0.148 e. The van der Waals surface area contributed by atoms with Crippen LogP contribution in [0.3, 0.4) is 0 Å². The molecule has 0 saturated heterocycles. The van der Waals surface area contributed by atoms with Crippen molar-refractivity contribution in [3.8, 4) is 0 Å². The lowest BCUT2D eigenvalue weighted by molar-refractivity contribution is 0.434. The summed E-state index contributed by atoms with van der Waals surface area (Å²) in [5.41, 5.74) is 5.68. The highest BCUT2D eigenvalue weighted by molar-refractivity contribution is 6.06. The van der Waals surface area contributed by atoms with Crippen molar-refractivity contribution < 1.29 is 0 Å². The van der Waals surface area contributed by atoms with E-state index in [4.69, 9.17) is 4.99 Å². The third-order valence-corrected chi connectivity index (χ3v) is 4.24. The number of hydrogen-bond donors (Lipinski definition) is 0. The lowest BCUT2D eigenvalue weighted by Gasteiger charge is -2.31. The molecule has 0 N–H and O–H groups in total. The number of para-hydroxylation sites is 1. The second kappa shape index (κ2) is 3.37. The zero-order valence-corrected chi connectivity index (χ0v) is 10.9. The number of fused-ring (bicyclic) bond motifs is 3. The van der Waals surface area contributed by atoms with E-state index in [1.165, 1.54) is 33.6 Å². The molecule has 3 nitrogen and oxygen atoms in total. The summed E-state index contributed by atoms with van der Waals surface area (Å²) in [6.07, 6.45) is 1.08. The van der Waals surface area contributed by atoms with Crippen molar-refractivity contribution in [1.29, 1.82) is 0 Å². The van der Waals surface area contributed by atoms with E-state index in [1.807, 2.05) is 0 Å². The van der Waals surface area contributed by atoms with Gasteiger partial charge in [0.1, 0.15) is 5.84 Å². The van der Waals surface area contributed by atoms with E-state index in [9.17, 15) is 0 Å². The summed E-state index contributed by atoms with van der Waals surface area (Å²) in [6.45, 7) is 5.28. The number of aliphatic imine (C=N–C) groups is 1. The molecule has 92 valence electrons. The Labute approximate surface area is 107 Å². The molecule has 0 spiro atoms. The van der Waals surface area contributed by atoms with Gasteiger partial charge in [0.2, 0.25) is 0 Å². The van der Waals surface area contributed by atoms with E-state index < -0.39 is 0 Å². The van der Waals surface area contributed by atoms with Crippen molar-refractivity contribution >= 4 is 16.7 Å². The fourth-order valence-electron chi connectivity index (χ4n) is 3.40. The lowest BCUT2D eigenvalue weighted by atomic mass is 10.0. The number of hydrogen-bond acceptors (Lipinski definition) is 2. The van der Waals surface area contributed by atoms with E-state index in [2.05, 4.69) is 41.6 Å². The van der Waals surface area contributed by atoms with Crippen molar-refractivity contribution in [2.24, 2.45) is 4.99 Å². The summed E-state index contributed by atoms with van der Waals surface area (Å²) < 4.78 is 2.48. The lowest BCUT2D eigenvalue weighted by Crippen LogP contribution is -2.39. The van der Waals surface area contributed by atoms with Gasteiger partial charge in [-0.25, -0.2) is 0 Å². The van der Waals surface area contributed by atoms with E-state index in [-0.39, 0.29) is 0 Å². The molecule has 2 aromatic rings. The van der Waals surface area contributed by atoms with Gasteiger partial charge in [0.15, 0.2) is 0 Å². The molecule has 0 radical (unpaired) electrons. The maximum absolute atomic E-state index is 4.73. The molecular formula is C15H17N3. The number of amidine groups is 1. The quantitative estimate of drug-likeness (QED) is 0.690. The molecule has 4 rings (SSSR count). The van der Waals surface area contributed by atoms with Crippen LogP contribution in [0, 0.1) is 6.92 Å². The van der Waals surface area contributed by atoms with Gasteiger partial charge in [-0.2, -0.15) is 0 Å². The SMILES string of the molecule is Cc1cccc2c3c4n(c12)CCN(C)C4=NCC3. The highest BCUT2D eigenvalue weighted by Gasteiger charge is 2.29. The first kappa shape index (κ1) is 10.2. The second-order valence-corrected chi connectivity index (χ2v) is 5.33. The van der Waals surface area contributed by atoms with Crippen LogP contribution in [0.2, 0.25) is 0 Å². The Morgan fingerprint density at radius 2 is 2.11 bits per heavy atom. The highest BCUT2D eigenvalue weighted by Crippen LogP contribution is 2.33. The zero-order valence-electron chi connectivity index (χ0n) is 10.9. The third kappa shape index (κ3) is 1.12. The van der Waals surface area contributed by atoms with Crippen LogP contribution in [0.15, 0.2) is 23.2 Å². The largest absolute Gasteiger partial charge is 0.356 e. The van der Waals surface area contributed by atoms with Crippen molar-refractivity contribution in [3.05, 3.63) is 35.0 Å². The van der Waals surface area contributed by atoms with E-state index in [0.29, 0.717) is 0 Å². The fourth-order valence-corrected chi connectivity index (χ4v) is 3.40. The minimum atomic E-state index is 0.930. The summed E-state index contributed by atoms with van der Waals surface area (Å²) in [5, 5.41) is 1.44. The van der Waals surface area contributed by atoms with Crippen molar-refractivity contribution in [3.63, 3.8) is 0 Å². The van der Waals surface area contributed by atoms with Gasteiger partial charge < -0.3 is 9.47 Å². The number of nitrogens with zero attached hydrogens (tertiary/aromatic N) is 3. The number of aromatic nitrogens is 1. The van der Waals surface area contributed by atoms with Gasteiger partial charge in [0.25, 0.3) is 0 Å². The molecule has 3 heteroatoms. The van der Waals surface area contributed by atoms with Crippen LogP contribution in [-0.4, -0.2) is 35.4 Å². The molecule has 0 bridgehead atoms. The molecule has 2 aliphatic rings.